The highest BCUT2D eigenvalue weighted by Crippen LogP contribution is 2.36. The summed E-state index contributed by atoms with van der Waals surface area (Å²) < 4.78 is 17.8. The molecule has 13 heteroatoms. The third-order valence-electron chi connectivity index (χ3n) is 10.1. The number of nitrogens with zero attached hydrogens (tertiary/aromatic N) is 3. The van der Waals surface area contributed by atoms with Crippen molar-refractivity contribution >= 4 is 23.7 Å². The number of aromatic nitrogens is 1. The number of aryl methyl sites for hydroxylation is 1. The van der Waals surface area contributed by atoms with Crippen LogP contribution in [0.3, 0.4) is 0 Å². The molecule has 1 fully saturated rings. The first-order chi connectivity index (χ1) is 27.7. The fraction of sp³-hybridized carbons (Fsp3) is 0.422. The minimum atomic E-state index is -1.17. The number of hydrogen-bond acceptors (Lipinski definition) is 10. The summed E-state index contributed by atoms with van der Waals surface area (Å²) in [5.41, 5.74) is 7.84. The van der Waals surface area contributed by atoms with Crippen LogP contribution >= 0.6 is 11.6 Å². The second kappa shape index (κ2) is 20.5. The van der Waals surface area contributed by atoms with Crippen LogP contribution in [0.15, 0.2) is 67.0 Å². The fourth-order valence-electron chi connectivity index (χ4n) is 6.93. The van der Waals surface area contributed by atoms with Gasteiger partial charge in [-0.2, -0.15) is 5.26 Å². The molecule has 4 N–H and O–H groups in total. The molecule has 1 amide bonds. The molecule has 1 saturated heterocycles. The lowest BCUT2D eigenvalue weighted by Gasteiger charge is -2.22. The number of carboxylic acid groups (broad SMARTS) is 1. The highest BCUT2D eigenvalue weighted by molar-refractivity contribution is 6.32. The second-order valence-electron chi connectivity index (χ2n) is 15.7. The Morgan fingerprint density at radius 1 is 0.983 bits per heavy atom. The zero-order valence-electron chi connectivity index (χ0n) is 33.9. The second-order valence-corrected chi connectivity index (χ2v) is 16.1. The molecule has 3 aromatic carbocycles. The van der Waals surface area contributed by atoms with Gasteiger partial charge in [-0.15, -0.1) is 0 Å². The maximum atomic E-state index is 12.2. The van der Waals surface area contributed by atoms with Gasteiger partial charge in [-0.25, -0.2) is 4.79 Å². The van der Waals surface area contributed by atoms with Gasteiger partial charge in [-0.3, -0.25) is 15.1 Å². The van der Waals surface area contributed by atoms with E-state index < -0.39 is 23.7 Å². The number of carbonyl (C=O) groups excluding carboxylic acids is 1. The molecule has 1 aromatic heterocycles. The van der Waals surface area contributed by atoms with Crippen LogP contribution in [0.25, 0.3) is 11.1 Å². The molecule has 12 nitrogen and oxygen atoms in total. The Bertz CT molecular complexity index is 2100. The van der Waals surface area contributed by atoms with Crippen LogP contribution in [0.5, 0.6) is 11.5 Å². The van der Waals surface area contributed by atoms with Gasteiger partial charge >= 0.3 is 12.1 Å². The Kier molecular flexibility index (Phi) is 15.5. The first kappa shape index (κ1) is 43.9. The first-order valence-electron chi connectivity index (χ1n) is 19.6. The maximum absolute atomic E-state index is 12.2. The monoisotopic (exact) mass is 811 g/mol. The van der Waals surface area contributed by atoms with Gasteiger partial charge in [0.05, 0.1) is 16.7 Å². The molecule has 4 aromatic rings. The Balaban J connectivity index is 1.30. The van der Waals surface area contributed by atoms with E-state index in [9.17, 15) is 25.1 Å². The molecule has 0 saturated carbocycles. The van der Waals surface area contributed by atoms with E-state index in [1.54, 1.807) is 45.2 Å². The number of benzene rings is 3. The maximum Gasteiger partial charge on any atom is 0.407 e. The van der Waals surface area contributed by atoms with Gasteiger partial charge in [0.2, 0.25) is 0 Å². The zero-order valence-corrected chi connectivity index (χ0v) is 34.7. The predicted octanol–water partition coefficient (Wildman–Crippen LogP) is 7.51. The fourth-order valence-corrected chi connectivity index (χ4v) is 7.17. The van der Waals surface area contributed by atoms with Crippen molar-refractivity contribution in [1.82, 2.24) is 20.5 Å². The highest BCUT2D eigenvalue weighted by atomic mass is 35.5. The number of halogens is 1. The lowest BCUT2D eigenvalue weighted by Crippen LogP contribution is -2.46. The minimum Gasteiger partial charge on any atom is -0.488 e. The number of rotatable bonds is 18. The number of amides is 1. The largest absolute Gasteiger partial charge is 0.488 e. The molecule has 0 aliphatic carbocycles. The lowest BCUT2D eigenvalue weighted by molar-refractivity contribution is -0.139. The number of aliphatic carboxylic acids is 1. The summed E-state index contributed by atoms with van der Waals surface area (Å²) in [4.78, 5) is 30.8. The molecule has 0 bridgehead atoms. The molecule has 1 aliphatic rings. The Labute approximate surface area is 346 Å². The minimum absolute atomic E-state index is 0.0287. The van der Waals surface area contributed by atoms with Crippen molar-refractivity contribution in [2.24, 2.45) is 0 Å². The number of aliphatic hydroxyl groups excluding tert-OH is 1. The number of unbranched alkanes of at least 4 members (excludes halogenated alkanes) is 1. The van der Waals surface area contributed by atoms with E-state index in [0.29, 0.717) is 33.2 Å². The quantitative estimate of drug-likeness (QED) is 0.0735. The lowest BCUT2D eigenvalue weighted by atomic mass is 9.90. The number of nitriles is 1. The van der Waals surface area contributed by atoms with Crippen molar-refractivity contribution in [2.45, 2.75) is 97.8 Å². The van der Waals surface area contributed by atoms with Crippen molar-refractivity contribution < 1.29 is 34.0 Å². The highest BCUT2D eigenvalue weighted by Gasteiger charge is 2.23. The number of likely N-dealkylation sites (tertiary alicyclic amines) is 1. The number of ether oxygens (including phenoxy) is 3. The van der Waals surface area contributed by atoms with Gasteiger partial charge in [0, 0.05) is 55.8 Å². The van der Waals surface area contributed by atoms with Gasteiger partial charge < -0.3 is 34.6 Å². The van der Waals surface area contributed by atoms with Crippen LogP contribution in [-0.2, 0) is 35.7 Å². The van der Waals surface area contributed by atoms with Gasteiger partial charge in [0.25, 0.3) is 0 Å². The van der Waals surface area contributed by atoms with Crippen LogP contribution in [0.1, 0.15) is 79.0 Å². The number of aliphatic hydroxyl groups is 1. The number of hydrogen-bond donors (Lipinski definition) is 4. The normalized spacial score (nSPS) is 14.8. The number of carboxylic acids is 1. The molecule has 308 valence electrons. The van der Waals surface area contributed by atoms with E-state index >= 15 is 0 Å². The first-order valence-corrected chi connectivity index (χ1v) is 20.0. The van der Waals surface area contributed by atoms with E-state index in [1.165, 1.54) is 22.9 Å². The summed E-state index contributed by atoms with van der Waals surface area (Å²) >= 11 is 6.81. The Morgan fingerprint density at radius 3 is 2.36 bits per heavy atom. The topological polar surface area (TPSA) is 166 Å². The third-order valence-corrected chi connectivity index (χ3v) is 10.4. The van der Waals surface area contributed by atoms with E-state index in [1.807, 2.05) is 12.1 Å². The van der Waals surface area contributed by atoms with Gasteiger partial charge in [0.1, 0.15) is 42.4 Å². The number of β-amino-alcohol motifs (C(OH)–C–C–N with tert-alkyl or cyclic N) is 1. The summed E-state index contributed by atoms with van der Waals surface area (Å²) in [7, 11) is 0. The predicted molar refractivity (Wildman–Crippen MR) is 223 cm³/mol. The average molecular weight is 812 g/mol. The van der Waals surface area contributed by atoms with E-state index in [0.717, 1.165) is 62.0 Å². The van der Waals surface area contributed by atoms with E-state index in [2.05, 4.69) is 64.7 Å². The van der Waals surface area contributed by atoms with Crippen LogP contribution in [0.2, 0.25) is 5.02 Å². The van der Waals surface area contributed by atoms with E-state index in [-0.39, 0.29) is 32.4 Å². The molecule has 0 radical (unpaired) electrons. The Morgan fingerprint density at radius 2 is 1.69 bits per heavy atom. The van der Waals surface area contributed by atoms with Crippen molar-refractivity contribution in [1.29, 1.82) is 5.26 Å². The van der Waals surface area contributed by atoms with Crippen LogP contribution in [-0.4, -0.2) is 76.1 Å². The van der Waals surface area contributed by atoms with Crippen molar-refractivity contribution in [3.63, 3.8) is 0 Å². The van der Waals surface area contributed by atoms with E-state index in [4.69, 9.17) is 25.8 Å². The van der Waals surface area contributed by atoms with Gasteiger partial charge in [-0.05, 0) is 112 Å². The summed E-state index contributed by atoms with van der Waals surface area (Å²) in [5.74, 6) is -0.412. The van der Waals surface area contributed by atoms with Crippen LogP contribution in [0, 0.1) is 25.2 Å². The summed E-state index contributed by atoms with van der Waals surface area (Å²) in [6, 6.07) is 18.6. The number of alkyl carbamates (subject to hydrolysis) is 1. The standard InChI is InChI=1S/C45H54ClN5O7/c1-29-33(10-6-7-16-51-17-15-36(52)26-51)11-8-13-37(29)38-14-9-12-34(30(38)2)28-57-42-20-41(56-27-32-18-31(21-47)22-48-23-32)35(19-39(42)46)24-49-40(43(53)54)25-50-44(55)58-45(3,4)5/h8-9,11-14,18-20,22-23,36,40,49,52H,6-7,10,15-17,24-28H2,1-5H3,(H,50,55)(H,53,54)/t36-,40+/m1/s1. The summed E-state index contributed by atoms with van der Waals surface area (Å²) in [6.45, 7) is 12.3. The van der Waals surface area contributed by atoms with Crippen molar-refractivity contribution in [3.05, 3.63) is 111 Å². The smallest absolute Gasteiger partial charge is 0.407 e. The Hall–Kier alpha value is -5.19. The summed E-state index contributed by atoms with van der Waals surface area (Å²) in [6.07, 6.45) is 6.18. The molecule has 2 atom stereocenters. The van der Waals surface area contributed by atoms with Crippen LogP contribution in [0.4, 0.5) is 4.79 Å². The molecular weight excluding hydrogens is 758 g/mol. The van der Waals surface area contributed by atoms with Gasteiger partial charge in [-0.1, -0.05) is 48.0 Å². The van der Waals surface area contributed by atoms with Gasteiger partial charge in [0.15, 0.2) is 0 Å². The zero-order chi connectivity index (χ0) is 41.8. The molecular formula is C45H54ClN5O7. The summed E-state index contributed by atoms with van der Waals surface area (Å²) in [5, 5.41) is 34.9. The van der Waals surface area contributed by atoms with Crippen LogP contribution < -0.4 is 20.1 Å². The molecule has 58 heavy (non-hydrogen) atoms. The molecule has 0 spiro atoms. The SMILES string of the molecule is Cc1c(CCCCN2CC[C@@H](O)C2)cccc1-c1cccc(COc2cc(OCc3cncc(C#N)c3)c(CN[C@@H](CNC(=O)OC(C)(C)C)C(=O)O)cc2Cl)c1C. The molecule has 1 aliphatic heterocycles. The average Bonchev–Trinajstić information content (AvgIpc) is 3.60. The van der Waals surface area contributed by atoms with Crippen molar-refractivity contribution in [3.8, 4) is 28.7 Å². The third kappa shape index (κ3) is 12.7. The number of carbonyl (C=O) groups is 2. The molecule has 2 heterocycles. The number of pyridine rings is 1. The molecule has 5 rings (SSSR count). The van der Waals surface area contributed by atoms with Crippen molar-refractivity contribution in [2.75, 3.05) is 26.2 Å². The number of nitrogens with one attached hydrogen (secondary N) is 2. The molecule has 0 unspecified atom stereocenters.